The molecule has 0 unspecified atom stereocenters. The monoisotopic (exact) mass is 444 g/mol. The molecule has 32 heavy (non-hydrogen) atoms. The molecule has 1 fully saturated rings. The maximum absolute atomic E-state index is 13.3. The van der Waals surface area contributed by atoms with Gasteiger partial charge in [0.25, 0.3) is 0 Å². The molecule has 4 bridgehead atoms. The van der Waals surface area contributed by atoms with E-state index in [2.05, 4.69) is 5.32 Å². The van der Waals surface area contributed by atoms with E-state index in [1.54, 1.807) is 0 Å². The van der Waals surface area contributed by atoms with Gasteiger partial charge in [-0.05, 0) is 36.0 Å². The largest absolute Gasteiger partial charge is 0.467 e. The van der Waals surface area contributed by atoms with Crippen LogP contribution in [-0.4, -0.2) is 61.3 Å². The van der Waals surface area contributed by atoms with Crippen LogP contribution in [0.1, 0.15) is 44.2 Å². The second-order valence-electron chi connectivity index (χ2n) is 8.49. The number of hydrogen-bond acceptors (Lipinski definition) is 6. The van der Waals surface area contributed by atoms with Gasteiger partial charge in [-0.1, -0.05) is 44.2 Å². The van der Waals surface area contributed by atoms with E-state index in [9.17, 15) is 14.4 Å². The first-order valence-corrected chi connectivity index (χ1v) is 11.1. The lowest BCUT2D eigenvalue weighted by molar-refractivity contribution is -0.151. The number of benzene rings is 1. The Hall–Kier alpha value is -2.87. The number of rotatable bonds is 2. The SMILES string of the molecule is COC(=O)[C@@H]1C[C@@H]2CN1C(=O)[C@H](C(C)C)NC(=O)OCCC/C=C/c1cccc(c1)CO2. The minimum Gasteiger partial charge on any atom is -0.467 e. The van der Waals surface area contributed by atoms with Gasteiger partial charge in [-0.15, -0.1) is 0 Å². The molecule has 1 aromatic carbocycles. The third-order valence-corrected chi connectivity index (χ3v) is 5.72. The lowest BCUT2D eigenvalue weighted by Gasteiger charge is -2.29. The highest BCUT2D eigenvalue weighted by Gasteiger charge is 2.43. The van der Waals surface area contributed by atoms with Crippen molar-refractivity contribution in [1.82, 2.24) is 10.2 Å². The number of hydrogen-bond donors (Lipinski definition) is 1. The summed E-state index contributed by atoms with van der Waals surface area (Å²) in [4.78, 5) is 39.5. The highest BCUT2D eigenvalue weighted by atomic mass is 16.5. The molecule has 8 nitrogen and oxygen atoms in total. The fraction of sp³-hybridized carbons (Fsp3) is 0.542. The maximum Gasteiger partial charge on any atom is 0.407 e. The second kappa shape index (κ2) is 11.1. The van der Waals surface area contributed by atoms with Crippen LogP contribution in [0.2, 0.25) is 0 Å². The quantitative estimate of drug-likeness (QED) is 0.705. The van der Waals surface area contributed by atoms with Crippen molar-refractivity contribution in [3.05, 3.63) is 41.5 Å². The Kier molecular flexibility index (Phi) is 8.27. The highest BCUT2D eigenvalue weighted by Crippen LogP contribution is 2.25. The van der Waals surface area contributed by atoms with Gasteiger partial charge >= 0.3 is 12.1 Å². The summed E-state index contributed by atoms with van der Waals surface area (Å²) in [5.41, 5.74) is 2.07. The van der Waals surface area contributed by atoms with E-state index >= 15 is 0 Å². The first-order chi connectivity index (χ1) is 15.4. The Balaban J connectivity index is 1.85. The van der Waals surface area contributed by atoms with Crippen LogP contribution >= 0.6 is 0 Å². The zero-order chi connectivity index (χ0) is 23.1. The topological polar surface area (TPSA) is 94.2 Å². The van der Waals surface area contributed by atoms with Crippen molar-refractivity contribution < 1.29 is 28.6 Å². The average molecular weight is 445 g/mol. The number of amides is 2. The van der Waals surface area contributed by atoms with Crippen molar-refractivity contribution in [1.29, 1.82) is 0 Å². The predicted octanol–water partition coefficient (Wildman–Crippen LogP) is 2.90. The van der Waals surface area contributed by atoms with E-state index in [4.69, 9.17) is 14.2 Å². The molecule has 0 saturated carbocycles. The van der Waals surface area contributed by atoms with Gasteiger partial charge in [-0.2, -0.15) is 0 Å². The summed E-state index contributed by atoms with van der Waals surface area (Å²) in [6.07, 6.45) is 4.89. The van der Waals surface area contributed by atoms with E-state index < -0.39 is 24.1 Å². The molecule has 0 spiro atoms. The Morgan fingerprint density at radius 3 is 2.84 bits per heavy atom. The number of alkyl carbamates (subject to hydrolysis) is 1. The van der Waals surface area contributed by atoms with Gasteiger partial charge in [-0.25, -0.2) is 9.59 Å². The third-order valence-electron chi connectivity index (χ3n) is 5.72. The Morgan fingerprint density at radius 1 is 1.28 bits per heavy atom. The van der Waals surface area contributed by atoms with Crippen LogP contribution in [0.3, 0.4) is 0 Å². The van der Waals surface area contributed by atoms with E-state index in [0.717, 1.165) is 17.5 Å². The number of allylic oxidation sites excluding steroid dienone is 1. The number of nitrogens with zero attached hydrogens (tertiary/aromatic N) is 1. The standard InChI is InChI=1S/C24H32N2O6/c1-16(2)21-22(27)26-14-19(13-20(26)23(28)30-3)32-15-18-10-7-9-17(12-18)8-5-4-6-11-31-24(29)25-21/h5,7-10,12,16,19-21H,4,6,11,13-15H2,1-3H3,(H,25,29)/b8-5+/t19-,20+,21+/m1/s1. The molecule has 2 heterocycles. The Labute approximate surface area is 188 Å². The summed E-state index contributed by atoms with van der Waals surface area (Å²) in [6, 6.07) is 6.45. The fourth-order valence-corrected chi connectivity index (χ4v) is 3.97. The molecule has 1 aromatic rings. The number of carbonyl (C=O) groups excluding carboxylic acids is 3. The van der Waals surface area contributed by atoms with Gasteiger partial charge in [0.15, 0.2) is 0 Å². The minimum absolute atomic E-state index is 0.190. The summed E-state index contributed by atoms with van der Waals surface area (Å²) in [7, 11) is 1.30. The number of cyclic esters (lactones) is 1. The molecule has 2 amide bonds. The number of nitrogens with one attached hydrogen (secondary N) is 1. The molecule has 2 aliphatic heterocycles. The van der Waals surface area contributed by atoms with Gasteiger partial charge in [0.05, 0.1) is 26.4 Å². The summed E-state index contributed by atoms with van der Waals surface area (Å²) < 4.78 is 16.3. The van der Waals surface area contributed by atoms with Crippen molar-refractivity contribution in [3.63, 3.8) is 0 Å². The summed E-state index contributed by atoms with van der Waals surface area (Å²) in [5.74, 6) is -1.03. The average Bonchev–Trinajstić information content (AvgIpc) is 3.21. The predicted molar refractivity (Wildman–Crippen MR) is 119 cm³/mol. The number of carbonyl (C=O) groups is 3. The van der Waals surface area contributed by atoms with Gasteiger partial charge < -0.3 is 24.4 Å². The fourth-order valence-electron chi connectivity index (χ4n) is 3.97. The highest BCUT2D eigenvalue weighted by molar-refractivity contribution is 5.90. The molecule has 2 aliphatic rings. The zero-order valence-electron chi connectivity index (χ0n) is 18.9. The van der Waals surface area contributed by atoms with Crippen molar-refractivity contribution in [3.8, 4) is 0 Å². The maximum atomic E-state index is 13.3. The summed E-state index contributed by atoms with van der Waals surface area (Å²) in [6.45, 7) is 4.55. The van der Waals surface area contributed by atoms with Crippen molar-refractivity contribution in [2.24, 2.45) is 5.92 Å². The first kappa shape index (κ1) is 23.8. The zero-order valence-corrected chi connectivity index (χ0v) is 18.9. The van der Waals surface area contributed by atoms with Gasteiger partial charge in [0.1, 0.15) is 12.1 Å². The number of ether oxygens (including phenoxy) is 3. The molecule has 0 aromatic heterocycles. The molecular formula is C24H32N2O6. The molecule has 1 N–H and O–H groups in total. The van der Waals surface area contributed by atoms with Crippen LogP contribution < -0.4 is 5.32 Å². The smallest absolute Gasteiger partial charge is 0.407 e. The number of fused-ring (bicyclic) bond motifs is 4. The van der Waals surface area contributed by atoms with E-state index in [1.165, 1.54) is 12.0 Å². The number of esters is 1. The second-order valence-corrected chi connectivity index (χ2v) is 8.49. The van der Waals surface area contributed by atoms with Gasteiger partial charge in [-0.3, -0.25) is 4.79 Å². The van der Waals surface area contributed by atoms with Crippen LogP contribution in [0.4, 0.5) is 4.79 Å². The Bertz CT molecular complexity index is 853. The van der Waals surface area contributed by atoms with Crippen LogP contribution in [0, 0.1) is 5.92 Å². The Morgan fingerprint density at radius 2 is 2.09 bits per heavy atom. The lowest BCUT2D eigenvalue weighted by Crippen LogP contribution is -2.54. The summed E-state index contributed by atoms with van der Waals surface area (Å²) >= 11 is 0. The van der Waals surface area contributed by atoms with E-state index in [-0.39, 0.29) is 31.1 Å². The molecule has 0 aliphatic carbocycles. The molecule has 174 valence electrons. The molecular weight excluding hydrogens is 412 g/mol. The number of methoxy groups -OCH3 is 1. The third kappa shape index (κ3) is 6.09. The lowest BCUT2D eigenvalue weighted by atomic mass is 10.0. The molecule has 8 heteroatoms. The van der Waals surface area contributed by atoms with E-state index in [0.29, 0.717) is 19.4 Å². The van der Waals surface area contributed by atoms with Gasteiger partial charge in [0.2, 0.25) is 5.91 Å². The van der Waals surface area contributed by atoms with Crippen LogP contribution in [0.5, 0.6) is 0 Å². The molecule has 3 atom stereocenters. The normalized spacial score (nSPS) is 26.0. The molecule has 1 saturated heterocycles. The molecule has 3 rings (SSSR count). The van der Waals surface area contributed by atoms with Crippen molar-refractivity contribution in [2.45, 2.75) is 57.9 Å². The minimum atomic E-state index is -0.816. The van der Waals surface area contributed by atoms with Crippen LogP contribution in [0.15, 0.2) is 30.3 Å². The van der Waals surface area contributed by atoms with Crippen molar-refractivity contribution >= 4 is 24.0 Å². The summed E-state index contributed by atoms with van der Waals surface area (Å²) in [5, 5.41) is 2.67. The molecule has 0 radical (unpaired) electrons. The van der Waals surface area contributed by atoms with E-state index in [1.807, 2.05) is 50.3 Å². The van der Waals surface area contributed by atoms with Crippen LogP contribution in [0.25, 0.3) is 6.08 Å². The van der Waals surface area contributed by atoms with Crippen molar-refractivity contribution in [2.75, 3.05) is 20.3 Å². The first-order valence-electron chi connectivity index (χ1n) is 11.1. The van der Waals surface area contributed by atoms with Crippen LogP contribution in [-0.2, 0) is 30.4 Å². The van der Waals surface area contributed by atoms with Gasteiger partial charge in [0, 0.05) is 13.0 Å².